The van der Waals surface area contributed by atoms with Crippen LogP contribution in [0.4, 0.5) is 0 Å². The molecule has 3 rings (SSSR count). The zero-order valence-electron chi connectivity index (χ0n) is 11.2. The number of hydrogen-bond donors (Lipinski definition) is 1. The average Bonchev–Trinajstić information content (AvgIpc) is 2.96. The highest BCUT2D eigenvalue weighted by atomic mass is 16.5. The second-order valence-electron chi connectivity index (χ2n) is 5.27. The Balaban J connectivity index is 1.59. The summed E-state index contributed by atoms with van der Waals surface area (Å²) in [7, 11) is 0. The lowest BCUT2D eigenvalue weighted by Gasteiger charge is -2.03. The molecule has 0 spiro atoms. The van der Waals surface area contributed by atoms with Crippen molar-refractivity contribution in [2.24, 2.45) is 0 Å². The summed E-state index contributed by atoms with van der Waals surface area (Å²) >= 11 is 0. The molecule has 2 aromatic heterocycles. The summed E-state index contributed by atoms with van der Waals surface area (Å²) in [5.74, 6) is 1.91. The lowest BCUT2D eigenvalue weighted by atomic mass is 10.3. The van der Waals surface area contributed by atoms with Gasteiger partial charge in [-0.05, 0) is 12.8 Å². The first-order valence-corrected chi connectivity index (χ1v) is 6.65. The molecule has 0 aromatic carbocycles. The molecule has 1 N–H and O–H groups in total. The quantitative estimate of drug-likeness (QED) is 0.839. The van der Waals surface area contributed by atoms with Crippen LogP contribution < -0.4 is 5.32 Å². The largest absolute Gasteiger partial charge is 0.339 e. The summed E-state index contributed by atoms with van der Waals surface area (Å²) in [5, 5.41) is 15.4. The molecule has 0 amide bonds. The average molecular weight is 262 g/mol. The predicted molar refractivity (Wildman–Crippen MR) is 67.4 cm³/mol. The van der Waals surface area contributed by atoms with E-state index in [2.05, 4.69) is 39.6 Å². The molecule has 1 fully saturated rings. The van der Waals surface area contributed by atoms with Crippen molar-refractivity contribution in [2.45, 2.75) is 51.7 Å². The van der Waals surface area contributed by atoms with Gasteiger partial charge in [-0.15, -0.1) is 5.10 Å². The van der Waals surface area contributed by atoms with Crippen molar-refractivity contribution in [3.8, 4) is 0 Å². The van der Waals surface area contributed by atoms with Crippen molar-refractivity contribution in [1.82, 2.24) is 30.5 Å². The molecule has 1 aliphatic carbocycles. The monoisotopic (exact) mass is 262 g/mol. The van der Waals surface area contributed by atoms with E-state index in [9.17, 15) is 0 Å². The van der Waals surface area contributed by atoms with Gasteiger partial charge in [0.25, 0.3) is 0 Å². The van der Waals surface area contributed by atoms with E-state index in [-0.39, 0.29) is 0 Å². The SMILES string of the molecule is CC(C)NCc1cn(Cc2noc(C3CC3)n2)nn1. The summed E-state index contributed by atoms with van der Waals surface area (Å²) in [5.41, 5.74) is 0.916. The van der Waals surface area contributed by atoms with Gasteiger partial charge < -0.3 is 9.84 Å². The van der Waals surface area contributed by atoms with Gasteiger partial charge in [0, 0.05) is 18.5 Å². The lowest BCUT2D eigenvalue weighted by Crippen LogP contribution is -2.21. The zero-order chi connectivity index (χ0) is 13.2. The fourth-order valence-corrected chi connectivity index (χ4v) is 1.78. The van der Waals surface area contributed by atoms with Crippen LogP contribution in [0.25, 0.3) is 0 Å². The molecule has 7 heteroatoms. The molecule has 0 radical (unpaired) electrons. The molecule has 1 saturated carbocycles. The Bertz CT molecular complexity index is 542. The number of aromatic nitrogens is 5. The van der Waals surface area contributed by atoms with Crippen LogP contribution in [-0.4, -0.2) is 31.2 Å². The molecule has 0 aliphatic heterocycles. The molecule has 19 heavy (non-hydrogen) atoms. The van der Waals surface area contributed by atoms with Gasteiger partial charge in [-0.3, -0.25) is 0 Å². The van der Waals surface area contributed by atoms with Crippen LogP contribution in [0.5, 0.6) is 0 Å². The van der Waals surface area contributed by atoms with Crippen LogP contribution in [0.15, 0.2) is 10.7 Å². The van der Waals surface area contributed by atoms with E-state index < -0.39 is 0 Å². The minimum atomic E-state index is 0.434. The maximum absolute atomic E-state index is 5.21. The van der Waals surface area contributed by atoms with E-state index in [1.165, 1.54) is 0 Å². The highest BCUT2D eigenvalue weighted by molar-refractivity contribution is 5.02. The summed E-state index contributed by atoms with van der Waals surface area (Å²) in [6.45, 7) is 5.43. The van der Waals surface area contributed by atoms with Gasteiger partial charge in [0.05, 0.1) is 11.9 Å². The van der Waals surface area contributed by atoms with Crippen LogP contribution >= 0.6 is 0 Å². The molecule has 2 aromatic rings. The van der Waals surface area contributed by atoms with Crippen molar-refractivity contribution < 1.29 is 4.52 Å². The van der Waals surface area contributed by atoms with E-state index in [0.29, 0.717) is 24.3 Å². The Morgan fingerprint density at radius 1 is 1.47 bits per heavy atom. The third-order valence-corrected chi connectivity index (χ3v) is 2.99. The van der Waals surface area contributed by atoms with E-state index in [1.807, 2.05) is 6.20 Å². The van der Waals surface area contributed by atoms with E-state index in [0.717, 1.165) is 31.0 Å². The highest BCUT2D eigenvalue weighted by Crippen LogP contribution is 2.38. The summed E-state index contributed by atoms with van der Waals surface area (Å²) < 4.78 is 6.95. The first-order chi connectivity index (χ1) is 9.20. The van der Waals surface area contributed by atoms with Gasteiger partial charge in [-0.2, -0.15) is 4.98 Å². The van der Waals surface area contributed by atoms with Crippen molar-refractivity contribution in [3.63, 3.8) is 0 Å². The fourth-order valence-electron chi connectivity index (χ4n) is 1.78. The fraction of sp³-hybridized carbons (Fsp3) is 0.667. The molecular weight excluding hydrogens is 244 g/mol. The molecule has 7 nitrogen and oxygen atoms in total. The van der Waals surface area contributed by atoms with E-state index >= 15 is 0 Å². The van der Waals surface area contributed by atoms with Crippen LogP contribution in [-0.2, 0) is 13.1 Å². The van der Waals surface area contributed by atoms with Gasteiger partial charge in [0.2, 0.25) is 5.89 Å². The van der Waals surface area contributed by atoms with Crippen LogP contribution in [0, 0.1) is 0 Å². The van der Waals surface area contributed by atoms with Crippen molar-refractivity contribution >= 4 is 0 Å². The molecule has 2 heterocycles. The van der Waals surface area contributed by atoms with Gasteiger partial charge in [0.15, 0.2) is 5.82 Å². The maximum Gasteiger partial charge on any atom is 0.229 e. The van der Waals surface area contributed by atoms with Gasteiger partial charge in [0.1, 0.15) is 6.54 Å². The summed E-state index contributed by atoms with van der Waals surface area (Å²) in [4.78, 5) is 4.37. The molecule has 0 atom stereocenters. The molecule has 0 bridgehead atoms. The predicted octanol–water partition coefficient (Wildman–Crippen LogP) is 1.08. The Morgan fingerprint density at radius 3 is 3.05 bits per heavy atom. The zero-order valence-corrected chi connectivity index (χ0v) is 11.2. The van der Waals surface area contributed by atoms with Gasteiger partial charge in [-0.25, -0.2) is 4.68 Å². The Kier molecular flexibility index (Phi) is 3.29. The third-order valence-electron chi connectivity index (χ3n) is 2.99. The molecule has 0 saturated heterocycles. The molecule has 0 unspecified atom stereocenters. The van der Waals surface area contributed by atoms with Crippen molar-refractivity contribution in [1.29, 1.82) is 0 Å². The van der Waals surface area contributed by atoms with Gasteiger partial charge in [-0.1, -0.05) is 24.2 Å². The van der Waals surface area contributed by atoms with Gasteiger partial charge >= 0.3 is 0 Å². The standard InChI is InChI=1S/C12H18N6O/c1-8(2)13-5-10-6-18(17-15-10)7-11-14-12(19-16-11)9-3-4-9/h6,8-9,13H,3-5,7H2,1-2H3. The third kappa shape index (κ3) is 3.17. The first kappa shape index (κ1) is 12.3. The Morgan fingerprint density at radius 2 is 2.32 bits per heavy atom. The van der Waals surface area contributed by atoms with Crippen LogP contribution in [0.1, 0.15) is 50.0 Å². The Labute approximate surface area is 111 Å². The number of nitrogens with one attached hydrogen (secondary N) is 1. The summed E-state index contributed by atoms with van der Waals surface area (Å²) in [6, 6.07) is 0.434. The normalized spacial score (nSPS) is 15.3. The topological polar surface area (TPSA) is 81.7 Å². The molecule has 1 aliphatic rings. The van der Waals surface area contributed by atoms with Crippen LogP contribution in [0.3, 0.4) is 0 Å². The number of rotatable bonds is 6. The van der Waals surface area contributed by atoms with E-state index in [1.54, 1.807) is 4.68 Å². The maximum atomic E-state index is 5.21. The van der Waals surface area contributed by atoms with Crippen molar-refractivity contribution in [2.75, 3.05) is 0 Å². The lowest BCUT2D eigenvalue weighted by molar-refractivity contribution is 0.372. The Hall–Kier alpha value is -1.76. The highest BCUT2D eigenvalue weighted by Gasteiger charge is 2.29. The van der Waals surface area contributed by atoms with Crippen LogP contribution in [0.2, 0.25) is 0 Å². The smallest absolute Gasteiger partial charge is 0.229 e. The summed E-state index contributed by atoms with van der Waals surface area (Å²) in [6.07, 6.45) is 4.23. The minimum absolute atomic E-state index is 0.434. The second-order valence-corrected chi connectivity index (χ2v) is 5.27. The molecule has 102 valence electrons. The molecular formula is C12H18N6O. The number of nitrogens with zero attached hydrogens (tertiary/aromatic N) is 5. The second kappa shape index (κ2) is 5.08. The van der Waals surface area contributed by atoms with Crippen molar-refractivity contribution in [3.05, 3.63) is 23.6 Å². The van der Waals surface area contributed by atoms with E-state index in [4.69, 9.17) is 4.52 Å². The number of hydrogen-bond acceptors (Lipinski definition) is 6. The minimum Gasteiger partial charge on any atom is -0.339 e. The first-order valence-electron chi connectivity index (χ1n) is 6.65.